The van der Waals surface area contributed by atoms with E-state index in [1.165, 1.54) is 18.2 Å². The van der Waals surface area contributed by atoms with Crippen molar-refractivity contribution in [3.63, 3.8) is 0 Å². The van der Waals surface area contributed by atoms with E-state index >= 15 is 0 Å². The Morgan fingerprint density at radius 2 is 1.34 bits per heavy atom. The van der Waals surface area contributed by atoms with E-state index in [2.05, 4.69) is 34.9 Å². The number of hydrogen-bond donors (Lipinski definition) is 1. The normalized spacial score (nSPS) is 13.2. The number of nitrogens with zero attached hydrogens (tertiary/aromatic N) is 1. The zero-order valence-electron chi connectivity index (χ0n) is 39.5. The molecule has 366 valence electrons. The molecule has 0 aromatic heterocycles. The van der Waals surface area contributed by atoms with Gasteiger partial charge < -0.3 is 47.4 Å². The number of aldehydes is 1. The molecule has 0 aliphatic carbocycles. The number of hydrogen-bond acceptors (Lipinski definition) is 17. The molecule has 1 aromatic rings. The Bertz CT molecular complexity index is 1710. The van der Waals surface area contributed by atoms with Gasteiger partial charge in [0.05, 0.1) is 79.1 Å². The van der Waals surface area contributed by atoms with Crippen LogP contribution >= 0.6 is 0 Å². The van der Waals surface area contributed by atoms with Gasteiger partial charge in [0.1, 0.15) is 28.2 Å². The minimum Gasteiger partial charge on any atom is -0.747 e. The Morgan fingerprint density at radius 3 is 1.78 bits per heavy atom. The average molecular weight is 966 g/mol. The van der Waals surface area contributed by atoms with Crippen LogP contribution in [0.5, 0.6) is 11.5 Å². The molecule has 0 amide bonds. The molecule has 0 saturated heterocycles. The number of ether oxygens (including phenoxy) is 6. The second-order valence-electron chi connectivity index (χ2n) is 15.2. The number of carbonyl (C=O) groups is 5. The SMILES string of the molecule is CCCCC(CC)COC(=O)CC(C(=O)OCC(CC)CCCC)S(=O)(=O)[O-].CCOc1cc(C=O)ccc1OC(=O)CC(C(=O)[O-])S(=O)(=O)O.CC[N+](C)(C)CCOCCOC.[Na+]. The summed E-state index contributed by atoms with van der Waals surface area (Å²) in [4.78, 5) is 57.2. The second kappa shape index (κ2) is 36.4. The number of carboxylic acids is 1. The third-order valence-corrected chi connectivity index (χ3v) is 11.9. The van der Waals surface area contributed by atoms with Gasteiger partial charge in [-0.05, 0) is 56.7 Å². The maximum absolute atomic E-state index is 12.1. The number of carboxylic acid groups (broad SMARTS) is 1. The summed E-state index contributed by atoms with van der Waals surface area (Å²) < 4.78 is 96.3. The molecule has 0 radical (unpaired) electrons. The van der Waals surface area contributed by atoms with Crippen molar-refractivity contribution in [1.82, 2.24) is 0 Å². The summed E-state index contributed by atoms with van der Waals surface area (Å²) in [5, 5.41) is 6.16. The summed E-state index contributed by atoms with van der Waals surface area (Å²) in [5.41, 5.74) is 0.249. The molecule has 64 heavy (non-hydrogen) atoms. The first-order valence-corrected chi connectivity index (χ1v) is 24.2. The van der Waals surface area contributed by atoms with E-state index in [0.29, 0.717) is 19.5 Å². The number of benzene rings is 1. The molecule has 4 atom stereocenters. The summed E-state index contributed by atoms with van der Waals surface area (Å²) in [7, 11) is -3.93. The van der Waals surface area contributed by atoms with Crippen LogP contribution in [0.3, 0.4) is 0 Å². The van der Waals surface area contributed by atoms with Crippen molar-refractivity contribution in [3.05, 3.63) is 23.8 Å². The summed E-state index contributed by atoms with van der Waals surface area (Å²) in [6, 6.07) is 3.84. The van der Waals surface area contributed by atoms with Gasteiger partial charge >= 0.3 is 47.5 Å². The zero-order valence-corrected chi connectivity index (χ0v) is 43.1. The van der Waals surface area contributed by atoms with Crippen LogP contribution in [-0.4, -0.2) is 145 Å². The number of quaternary nitrogens is 1. The van der Waals surface area contributed by atoms with Gasteiger partial charge in [-0.2, -0.15) is 8.42 Å². The first-order chi connectivity index (χ1) is 29.5. The smallest absolute Gasteiger partial charge is 0.747 e. The monoisotopic (exact) mass is 965 g/mol. The standard InChI is InChI=1S/C20H38O7S.C13H14O9S.C9H22NO2.Na/c1-5-9-11-16(7-3)14-26-19(21)13-18(28(23,24)25)20(22)27-15-17(8-4)12-10-6-2;1-2-21-10-5-8(7-14)3-4-9(10)22-12(15)6-11(13(16)17)23(18,19)20;1-5-10(2,3)6-7-12-9-8-11-4;/h16-18H,5-15H2,1-4H3,(H,23,24,25);3-5,7,11H,2,6H2,1H3,(H,16,17)(H,18,19,20);5-9H2,1-4H3;/q;;2*+1/p-2. The molecule has 0 heterocycles. The van der Waals surface area contributed by atoms with Crippen molar-refractivity contribution in [2.45, 2.75) is 116 Å². The summed E-state index contributed by atoms with van der Waals surface area (Å²) in [5.74, 6) is -5.20. The number of unbranched alkanes of at least 4 members (excludes halogenated alkanes) is 2. The van der Waals surface area contributed by atoms with Crippen LogP contribution in [0.25, 0.3) is 0 Å². The molecule has 0 aliphatic rings. The molecule has 19 nitrogen and oxygen atoms in total. The quantitative estimate of drug-likeness (QED) is 0.0205. The van der Waals surface area contributed by atoms with Crippen LogP contribution in [0.1, 0.15) is 116 Å². The van der Waals surface area contributed by atoms with Crippen molar-refractivity contribution in [2.24, 2.45) is 11.8 Å². The van der Waals surface area contributed by atoms with Crippen LogP contribution in [0.15, 0.2) is 18.2 Å². The maximum atomic E-state index is 12.1. The summed E-state index contributed by atoms with van der Waals surface area (Å²) >= 11 is 0. The zero-order chi connectivity index (χ0) is 48.6. The van der Waals surface area contributed by atoms with E-state index in [9.17, 15) is 50.5 Å². The average Bonchev–Trinajstić information content (AvgIpc) is 3.22. The van der Waals surface area contributed by atoms with Crippen LogP contribution in [0.2, 0.25) is 0 Å². The van der Waals surface area contributed by atoms with Gasteiger partial charge in [-0.25, -0.2) is 8.42 Å². The van der Waals surface area contributed by atoms with Crippen molar-refractivity contribution in [2.75, 3.05) is 73.9 Å². The predicted molar refractivity (Wildman–Crippen MR) is 230 cm³/mol. The third kappa shape index (κ3) is 31.2. The van der Waals surface area contributed by atoms with Crippen molar-refractivity contribution in [1.29, 1.82) is 0 Å². The van der Waals surface area contributed by atoms with Gasteiger partial charge in [-0.1, -0.05) is 66.2 Å². The van der Waals surface area contributed by atoms with Gasteiger partial charge in [-0.15, -0.1) is 0 Å². The maximum Gasteiger partial charge on any atom is 1.00 e. The molecular weight excluding hydrogens is 894 g/mol. The van der Waals surface area contributed by atoms with Crippen molar-refractivity contribution in [3.8, 4) is 11.5 Å². The third-order valence-electron chi connectivity index (χ3n) is 9.72. The van der Waals surface area contributed by atoms with E-state index in [1.807, 2.05) is 13.8 Å². The molecule has 1 rings (SSSR count). The number of rotatable bonds is 31. The van der Waals surface area contributed by atoms with Crippen LogP contribution < -0.4 is 44.1 Å². The Balaban J connectivity index is -0.000000929. The van der Waals surface area contributed by atoms with Crippen LogP contribution in [-0.2, 0) is 58.4 Å². The topological polar surface area (TPSA) is 275 Å². The predicted octanol–water partition coefficient (Wildman–Crippen LogP) is 0.759. The first kappa shape index (κ1) is 65.5. The molecule has 0 aliphatic heterocycles. The van der Waals surface area contributed by atoms with E-state index in [4.69, 9.17) is 33.0 Å². The molecule has 0 bridgehead atoms. The van der Waals surface area contributed by atoms with E-state index in [0.717, 1.165) is 75.5 Å². The minimum absolute atomic E-state index is 0. The fourth-order valence-corrected chi connectivity index (χ4v) is 6.34. The molecule has 0 spiro atoms. The molecule has 0 fully saturated rings. The van der Waals surface area contributed by atoms with Gasteiger partial charge in [0, 0.05) is 12.7 Å². The van der Waals surface area contributed by atoms with E-state index in [-0.39, 0.29) is 78.3 Å². The molecule has 22 heteroatoms. The largest absolute Gasteiger partial charge is 1.00 e. The van der Waals surface area contributed by atoms with E-state index in [1.54, 1.807) is 14.0 Å². The van der Waals surface area contributed by atoms with Crippen LogP contribution in [0, 0.1) is 11.8 Å². The second-order valence-corrected chi connectivity index (χ2v) is 18.3. The molecule has 4 unspecified atom stereocenters. The van der Waals surface area contributed by atoms with Gasteiger partial charge in [0.15, 0.2) is 16.7 Å². The first-order valence-electron chi connectivity index (χ1n) is 21.3. The number of likely N-dealkylation sites (N-methyl/N-ethyl adjacent to an activating group) is 1. The van der Waals surface area contributed by atoms with Gasteiger partial charge in [-0.3, -0.25) is 23.7 Å². The summed E-state index contributed by atoms with van der Waals surface area (Å²) in [6.07, 6.45) is 5.97. The van der Waals surface area contributed by atoms with Crippen LogP contribution in [0.4, 0.5) is 0 Å². The minimum atomic E-state index is -5.02. The van der Waals surface area contributed by atoms with Crippen molar-refractivity contribution < 1.29 is 117 Å². The van der Waals surface area contributed by atoms with E-state index < -0.39 is 67.5 Å². The number of methoxy groups -OCH3 is 1. The molecule has 1 aromatic carbocycles. The van der Waals surface area contributed by atoms with Gasteiger partial charge in [0.2, 0.25) is 0 Å². The fourth-order valence-electron chi connectivity index (χ4n) is 5.10. The Kier molecular flexibility index (Phi) is 37.3. The molecule has 1 N–H and O–H groups in total. The summed E-state index contributed by atoms with van der Waals surface area (Å²) in [6.45, 7) is 16.7. The Labute approximate surface area is 403 Å². The number of esters is 3. The fraction of sp³-hybridized carbons (Fsp3) is 0.738. The number of carbonyl (C=O) groups excluding carboxylic acids is 5. The Hall–Kier alpha value is -2.73. The molecule has 0 saturated carbocycles. The van der Waals surface area contributed by atoms with Crippen molar-refractivity contribution >= 4 is 50.4 Å². The van der Waals surface area contributed by atoms with Gasteiger partial charge in [0.25, 0.3) is 10.1 Å². The Morgan fingerprint density at radius 1 is 0.797 bits per heavy atom. The molecular formula is C42H72NNaO18S2. The number of aliphatic carboxylic acids is 1.